The van der Waals surface area contributed by atoms with Gasteiger partial charge in [-0.15, -0.1) is 0 Å². The van der Waals surface area contributed by atoms with Crippen LogP contribution in [0.2, 0.25) is 0 Å². The van der Waals surface area contributed by atoms with Crippen LogP contribution in [0.4, 0.5) is 0 Å². The van der Waals surface area contributed by atoms with Gasteiger partial charge >= 0.3 is 0 Å². The van der Waals surface area contributed by atoms with Crippen molar-refractivity contribution < 1.29 is 9.47 Å². The lowest BCUT2D eigenvalue weighted by atomic mass is 10.2. The van der Waals surface area contributed by atoms with Gasteiger partial charge in [0.05, 0.1) is 6.61 Å². The molecule has 19 heavy (non-hydrogen) atoms. The summed E-state index contributed by atoms with van der Waals surface area (Å²) in [6.45, 7) is 6.92. The number of hydrogen-bond donors (Lipinski definition) is 0. The van der Waals surface area contributed by atoms with E-state index in [1.165, 1.54) is 38.8 Å². The molecule has 1 aromatic rings. The summed E-state index contributed by atoms with van der Waals surface area (Å²) >= 11 is 0. The van der Waals surface area contributed by atoms with Gasteiger partial charge in [-0.25, -0.2) is 0 Å². The Kier molecular flexibility index (Phi) is 6.02. The van der Waals surface area contributed by atoms with Crippen LogP contribution < -0.4 is 9.47 Å². The van der Waals surface area contributed by atoms with Crippen LogP contribution in [-0.2, 0) is 0 Å². The molecule has 0 unspecified atom stereocenters. The minimum Gasteiger partial charge on any atom is -0.494 e. The van der Waals surface area contributed by atoms with E-state index in [-0.39, 0.29) is 0 Å². The Hall–Kier alpha value is -1.22. The van der Waals surface area contributed by atoms with Gasteiger partial charge in [-0.2, -0.15) is 0 Å². The fourth-order valence-corrected chi connectivity index (χ4v) is 2.47. The summed E-state index contributed by atoms with van der Waals surface area (Å²) in [5.74, 6) is 1.79. The Balaban J connectivity index is 1.73. The lowest BCUT2D eigenvalue weighted by molar-refractivity contribution is 0.213. The van der Waals surface area contributed by atoms with Crippen LogP contribution in [0.1, 0.15) is 32.6 Å². The molecule has 1 saturated heterocycles. The first-order chi connectivity index (χ1) is 9.38. The maximum Gasteiger partial charge on any atom is 0.123 e. The van der Waals surface area contributed by atoms with Crippen molar-refractivity contribution in [3.63, 3.8) is 0 Å². The van der Waals surface area contributed by atoms with E-state index in [1.807, 2.05) is 31.2 Å². The number of likely N-dealkylation sites (tertiary alicyclic amines) is 1. The zero-order valence-electron chi connectivity index (χ0n) is 11.9. The van der Waals surface area contributed by atoms with Crippen molar-refractivity contribution in [1.29, 1.82) is 0 Å². The van der Waals surface area contributed by atoms with E-state index in [9.17, 15) is 0 Å². The normalized spacial score (nSPS) is 16.9. The van der Waals surface area contributed by atoms with Crippen LogP contribution in [0.5, 0.6) is 11.5 Å². The largest absolute Gasteiger partial charge is 0.494 e. The van der Waals surface area contributed by atoms with E-state index in [0.29, 0.717) is 6.61 Å². The maximum atomic E-state index is 5.81. The summed E-state index contributed by atoms with van der Waals surface area (Å²) in [6, 6.07) is 7.90. The zero-order valence-corrected chi connectivity index (χ0v) is 11.9. The maximum absolute atomic E-state index is 5.81. The van der Waals surface area contributed by atoms with Crippen molar-refractivity contribution >= 4 is 0 Å². The average molecular weight is 263 g/mol. The minimum atomic E-state index is 0.692. The smallest absolute Gasteiger partial charge is 0.123 e. The SMILES string of the molecule is CCOc1cccc(OCCN2CCCCCC2)c1. The monoisotopic (exact) mass is 263 g/mol. The molecule has 3 nitrogen and oxygen atoms in total. The molecule has 3 heteroatoms. The molecule has 1 aromatic carbocycles. The second-order valence-electron chi connectivity index (χ2n) is 5.01. The van der Waals surface area contributed by atoms with Crippen molar-refractivity contribution in [3.8, 4) is 11.5 Å². The molecular formula is C16H25NO2. The van der Waals surface area contributed by atoms with Crippen molar-refractivity contribution in [3.05, 3.63) is 24.3 Å². The van der Waals surface area contributed by atoms with Crippen molar-refractivity contribution in [2.24, 2.45) is 0 Å². The van der Waals surface area contributed by atoms with E-state index in [2.05, 4.69) is 4.90 Å². The molecule has 0 atom stereocenters. The third kappa shape index (κ3) is 5.11. The zero-order chi connectivity index (χ0) is 13.3. The van der Waals surface area contributed by atoms with Crippen LogP contribution in [0.3, 0.4) is 0 Å². The molecule has 1 aliphatic heterocycles. The summed E-state index contributed by atoms with van der Waals surface area (Å²) in [6.07, 6.45) is 5.43. The second-order valence-corrected chi connectivity index (χ2v) is 5.01. The van der Waals surface area contributed by atoms with Crippen molar-refractivity contribution in [1.82, 2.24) is 4.90 Å². The van der Waals surface area contributed by atoms with Gasteiger partial charge in [-0.1, -0.05) is 18.9 Å². The van der Waals surface area contributed by atoms with Gasteiger partial charge in [0, 0.05) is 12.6 Å². The van der Waals surface area contributed by atoms with Crippen LogP contribution in [0.25, 0.3) is 0 Å². The molecular weight excluding hydrogens is 238 g/mol. The fourth-order valence-electron chi connectivity index (χ4n) is 2.47. The molecule has 1 heterocycles. The summed E-state index contributed by atoms with van der Waals surface area (Å²) in [7, 11) is 0. The highest BCUT2D eigenvalue weighted by Gasteiger charge is 2.08. The van der Waals surface area contributed by atoms with E-state index in [4.69, 9.17) is 9.47 Å². The van der Waals surface area contributed by atoms with Crippen LogP contribution in [0.15, 0.2) is 24.3 Å². The molecule has 0 N–H and O–H groups in total. The highest BCUT2D eigenvalue weighted by molar-refractivity contribution is 5.32. The first kappa shape index (κ1) is 14.2. The number of rotatable bonds is 6. The lowest BCUT2D eigenvalue weighted by Gasteiger charge is -2.19. The highest BCUT2D eigenvalue weighted by Crippen LogP contribution is 2.19. The Labute approximate surface area is 116 Å². The molecule has 0 saturated carbocycles. The number of nitrogens with zero attached hydrogens (tertiary/aromatic N) is 1. The van der Waals surface area contributed by atoms with Crippen LogP contribution in [0, 0.1) is 0 Å². The molecule has 1 aliphatic rings. The van der Waals surface area contributed by atoms with E-state index < -0.39 is 0 Å². The third-order valence-corrected chi connectivity index (χ3v) is 3.49. The number of hydrogen-bond acceptors (Lipinski definition) is 3. The molecule has 2 rings (SSSR count). The van der Waals surface area contributed by atoms with Crippen LogP contribution in [-0.4, -0.2) is 37.7 Å². The lowest BCUT2D eigenvalue weighted by Crippen LogP contribution is -2.29. The topological polar surface area (TPSA) is 21.7 Å². The quantitative estimate of drug-likeness (QED) is 0.785. The Bertz CT molecular complexity index is 360. The van der Waals surface area contributed by atoms with Crippen molar-refractivity contribution in [2.45, 2.75) is 32.6 Å². The van der Waals surface area contributed by atoms with E-state index in [1.54, 1.807) is 0 Å². The highest BCUT2D eigenvalue weighted by atomic mass is 16.5. The first-order valence-electron chi connectivity index (χ1n) is 7.46. The predicted molar refractivity (Wildman–Crippen MR) is 78.0 cm³/mol. The average Bonchev–Trinajstić information content (AvgIpc) is 2.68. The molecule has 0 aromatic heterocycles. The number of ether oxygens (including phenoxy) is 2. The molecule has 0 aliphatic carbocycles. The van der Waals surface area contributed by atoms with Gasteiger partial charge in [0.25, 0.3) is 0 Å². The van der Waals surface area contributed by atoms with E-state index in [0.717, 1.165) is 24.7 Å². The second kappa shape index (κ2) is 8.05. The Morgan fingerprint density at radius 3 is 2.37 bits per heavy atom. The Morgan fingerprint density at radius 2 is 1.68 bits per heavy atom. The molecule has 1 fully saturated rings. The van der Waals surface area contributed by atoms with Gasteiger partial charge in [-0.05, 0) is 45.0 Å². The predicted octanol–water partition coefficient (Wildman–Crippen LogP) is 3.34. The summed E-state index contributed by atoms with van der Waals surface area (Å²) < 4.78 is 11.3. The van der Waals surface area contributed by atoms with Gasteiger partial charge in [-0.3, -0.25) is 4.90 Å². The number of benzene rings is 1. The third-order valence-electron chi connectivity index (χ3n) is 3.49. The fraction of sp³-hybridized carbons (Fsp3) is 0.625. The van der Waals surface area contributed by atoms with Gasteiger partial charge in [0.15, 0.2) is 0 Å². The summed E-state index contributed by atoms with van der Waals surface area (Å²) in [4.78, 5) is 2.51. The first-order valence-corrected chi connectivity index (χ1v) is 7.46. The Morgan fingerprint density at radius 1 is 1.00 bits per heavy atom. The molecule has 106 valence electrons. The van der Waals surface area contributed by atoms with E-state index >= 15 is 0 Å². The standard InChI is InChI=1S/C16H25NO2/c1-2-18-15-8-7-9-16(14-15)19-13-12-17-10-5-3-4-6-11-17/h7-9,14H,2-6,10-13H2,1H3. The van der Waals surface area contributed by atoms with Crippen LogP contribution >= 0.6 is 0 Å². The summed E-state index contributed by atoms with van der Waals surface area (Å²) in [5.41, 5.74) is 0. The van der Waals surface area contributed by atoms with Gasteiger partial charge < -0.3 is 9.47 Å². The van der Waals surface area contributed by atoms with Gasteiger partial charge in [0.1, 0.15) is 18.1 Å². The van der Waals surface area contributed by atoms with Crippen molar-refractivity contribution in [2.75, 3.05) is 32.8 Å². The van der Waals surface area contributed by atoms with Gasteiger partial charge in [0.2, 0.25) is 0 Å². The molecule has 0 bridgehead atoms. The molecule has 0 spiro atoms. The molecule has 0 radical (unpaired) electrons. The minimum absolute atomic E-state index is 0.692. The summed E-state index contributed by atoms with van der Waals surface area (Å²) in [5, 5.41) is 0. The molecule has 0 amide bonds.